The fourth-order valence-corrected chi connectivity index (χ4v) is 4.82. The Balaban J connectivity index is 1.54. The maximum Gasteiger partial charge on any atom is 0.258 e. The third-order valence-electron chi connectivity index (χ3n) is 6.24. The summed E-state index contributed by atoms with van der Waals surface area (Å²) in [6, 6.07) is 17.7. The van der Waals surface area contributed by atoms with Crippen LogP contribution in [0.4, 0.5) is 0 Å². The largest absolute Gasteiger partial charge is 0.484 e. The quantitative estimate of drug-likeness (QED) is 0.867. The van der Waals surface area contributed by atoms with E-state index in [0.717, 1.165) is 25.9 Å². The third kappa shape index (κ3) is 3.40. The summed E-state index contributed by atoms with van der Waals surface area (Å²) in [5, 5.41) is 3.19. The van der Waals surface area contributed by atoms with Crippen molar-refractivity contribution in [3.8, 4) is 5.75 Å². The number of para-hydroxylation sites is 1. The van der Waals surface area contributed by atoms with E-state index in [1.54, 1.807) is 7.11 Å². The Morgan fingerprint density at radius 1 is 1.11 bits per heavy atom. The van der Waals surface area contributed by atoms with Crippen molar-refractivity contribution in [3.05, 3.63) is 65.7 Å². The first kappa shape index (κ1) is 19.0. The number of carbonyl (C=O) groups excluding carboxylic acids is 1. The summed E-state index contributed by atoms with van der Waals surface area (Å²) in [5.41, 5.74) is 2.45. The molecule has 4 rings (SSSR count). The van der Waals surface area contributed by atoms with Crippen molar-refractivity contribution in [1.82, 2.24) is 10.2 Å². The molecule has 148 valence electrons. The Bertz CT molecular complexity index is 816. The molecule has 0 radical (unpaired) electrons. The third-order valence-corrected chi connectivity index (χ3v) is 6.24. The van der Waals surface area contributed by atoms with Crippen LogP contribution in [-0.4, -0.2) is 50.8 Å². The van der Waals surface area contributed by atoms with E-state index in [-0.39, 0.29) is 30.1 Å². The number of ether oxygens (including phenoxy) is 2. The molecule has 2 atom stereocenters. The van der Waals surface area contributed by atoms with Gasteiger partial charge in [0.1, 0.15) is 5.75 Å². The van der Waals surface area contributed by atoms with Crippen LogP contribution in [-0.2, 0) is 14.9 Å². The monoisotopic (exact) mass is 380 g/mol. The molecule has 1 saturated heterocycles. The molecule has 1 aliphatic heterocycles. The molecule has 2 aliphatic rings. The Morgan fingerprint density at radius 2 is 1.79 bits per heavy atom. The van der Waals surface area contributed by atoms with E-state index in [1.807, 2.05) is 36.4 Å². The number of nitrogens with zero attached hydrogens (tertiary/aromatic N) is 1. The summed E-state index contributed by atoms with van der Waals surface area (Å²) in [6.07, 6.45) is 2.00. The van der Waals surface area contributed by atoms with Crippen LogP contribution in [0.15, 0.2) is 54.6 Å². The first-order valence-electron chi connectivity index (χ1n) is 9.92. The highest BCUT2D eigenvalue weighted by Crippen LogP contribution is 2.51. The Hall–Kier alpha value is -2.37. The molecule has 0 saturated carbocycles. The van der Waals surface area contributed by atoms with Crippen molar-refractivity contribution in [1.29, 1.82) is 0 Å². The second-order valence-electron chi connectivity index (χ2n) is 7.85. The molecule has 1 heterocycles. The number of nitrogens with one attached hydrogen (secondary N) is 1. The Labute approximate surface area is 166 Å². The Kier molecular flexibility index (Phi) is 5.38. The topological polar surface area (TPSA) is 50.8 Å². The van der Waals surface area contributed by atoms with Crippen LogP contribution in [0.5, 0.6) is 5.75 Å². The smallest absolute Gasteiger partial charge is 0.258 e. The lowest BCUT2D eigenvalue weighted by Crippen LogP contribution is -2.50. The second kappa shape index (κ2) is 7.94. The van der Waals surface area contributed by atoms with Gasteiger partial charge in [0.05, 0.1) is 12.1 Å². The van der Waals surface area contributed by atoms with Crippen LogP contribution in [0.25, 0.3) is 0 Å². The van der Waals surface area contributed by atoms with Gasteiger partial charge in [0.25, 0.3) is 5.91 Å². The van der Waals surface area contributed by atoms with Crippen molar-refractivity contribution in [3.63, 3.8) is 0 Å². The predicted octanol–water partition coefficient (Wildman–Crippen LogP) is 2.91. The van der Waals surface area contributed by atoms with E-state index in [1.165, 1.54) is 11.1 Å². The number of hydrogen-bond donors (Lipinski definition) is 1. The van der Waals surface area contributed by atoms with Crippen molar-refractivity contribution in [2.45, 2.75) is 30.4 Å². The zero-order valence-corrected chi connectivity index (χ0v) is 16.6. The molecule has 1 spiro atoms. The number of likely N-dealkylation sites (tertiary alicyclic amines) is 1. The minimum absolute atomic E-state index is 0.00511. The molecule has 1 amide bonds. The maximum absolute atomic E-state index is 12.7. The van der Waals surface area contributed by atoms with Crippen molar-refractivity contribution < 1.29 is 14.3 Å². The van der Waals surface area contributed by atoms with Gasteiger partial charge in [-0.25, -0.2) is 0 Å². The first-order valence-corrected chi connectivity index (χ1v) is 9.92. The van der Waals surface area contributed by atoms with Gasteiger partial charge in [0.2, 0.25) is 0 Å². The normalized spacial score (nSPS) is 23.4. The molecule has 5 heteroatoms. The number of methoxy groups -OCH3 is 1. The summed E-state index contributed by atoms with van der Waals surface area (Å²) >= 11 is 0. The summed E-state index contributed by atoms with van der Waals surface area (Å²) in [7, 11) is 3.92. The van der Waals surface area contributed by atoms with E-state index < -0.39 is 0 Å². The number of fused-ring (bicyclic) bond motifs is 2. The number of amides is 1. The number of rotatable bonds is 5. The molecule has 28 heavy (non-hydrogen) atoms. The molecule has 5 nitrogen and oxygen atoms in total. The van der Waals surface area contributed by atoms with Gasteiger partial charge in [-0.15, -0.1) is 0 Å². The first-order chi connectivity index (χ1) is 13.6. The molecule has 1 fully saturated rings. The van der Waals surface area contributed by atoms with Crippen LogP contribution in [0.3, 0.4) is 0 Å². The highest BCUT2D eigenvalue weighted by molar-refractivity contribution is 5.78. The van der Waals surface area contributed by atoms with Gasteiger partial charge in [-0.05, 0) is 56.2 Å². The van der Waals surface area contributed by atoms with Gasteiger partial charge in [0.15, 0.2) is 6.61 Å². The fourth-order valence-electron chi connectivity index (χ4n) is 4.82. The van der Waals surface area contributed by atoms with E-state index in [0.29, 0.717) is 5.75 Å². The molecule has 1 N–H and O–H groups in total. The second-order valence-corrected chi connectivity index (χ2v) is 7.85. The summed E-state index contributed by atoms with van der Waals surface area (Å²) in [6.45, 7) is 2.06. The van der Waals surface area contributed by atoms with Gasteiger partial charge in [-0.1, -0.05) is 42.5 Å². The lowest BCUT2D eigenvalue weighted by atomic mass is 9.72. The van der Waals surface area contributed by atoms with Crippen molar-refractivity contribution >= 4 is 5.91 Å². The molecule has 0 unspecified atom stereocenters. The van der Waals surface area contributed by atoms with E-state index in [9.17, 15) is 4.79 Å². The zero-order valence-electron chi connectivity index (χ0n) is 16.6. The van der Waals surface area contributed by atoms with Gasteiger partial charge in [0, 0.05) is 12.5 Å². The zero-order chi connectivity index (χ0) is 19.6. The van der Waals surface area contributed by atoms with Gasteiger partial charge in [-0.3, -0.25) is 4.79 Å². The molecule has 2 aromatic rings. The standard InChI is InChI=1S/C23H28N2O3/c1-25-14-12-23(13-15-25)19-11-7-6-10-18(19)21(22(23)27-2)24-20(26)16-28-17-8-4-3-5-9-17/h3-11,21-22H,12-16H2,1-2H3,(H,24,26)/t21-,22+/m1/s1. The van der Waals surface area contributed by atoms with Crippen LogP contribution < -0.4 is 10.1 Å². The van der Waals surface area contributed by atoms with E-state index in [4.69, 9.17) is 9.47 Å². The SMILES string of the molecule is CO[C@H]1[C@H](NC(=O)COc2ccccc2)c2ccccc2C12CCN(C)CC2. The van der Waals surface area contributed by atoms with Crippen LogP contribution in [0.1, 0.15) is 30.0 Å². The summed E-state index contributed by atoms with van der Waals surface area (Å²) in [4.78, 5) is 15.0. The van der Waals surface area contributed by atoms with E-state index in [2.05, 4.69) is 35.5 Å². The maximum atomic E-state index is 12.7. The molecular weight excluding hydrogens is 352 g/mol. The average molecular weight is 380 g/mol. The van der Waals surface area contributed by atoms with Crippen molar-refractivity contribution in [2.24, 2.45) is 0 Å². The number of carbonyl (C=O) groups is 1. The highest BCUT2D eigenvalue weighted by Gasteiger charge is 2.53. The van der Waals surface area contributed by atoms with Crippen molar-refractivity contribution in [2.75, 3.05) is 33.9 Å². The average Bonchev–Trinajstić information content (AvgIpc) is 2.98. The highest BCUT2D eigenvalue weighted by atomic mass is 16.5. The molecule has 0 aromatic heterocycles. The summed E-state index contributed by atoms with van der Waals surface area (Å²) in [5.74, 6) is 0.565. The lowest BCUT2D eigenvalue weighted by molar-refractivity contribution is -0.125. The molecule has 2 aromatic carbocycles. The van der Waals surface area contributed by atoms with Gasteiger partial charge >= 0.3 is 0 Å². The molecular formula is C23H28N2O3. The lowest BCUT2D eigenvalue weighted by Gasteiger charge is -2.43. The van der Waals surface area contributed by atoms with Gasteiger partial charge in [-0.2, -0.15) is 0 Å². The Morgan fingerprint density at radius 3 is 2.50 bits per heavy atom. The summed E-state index contributed by atoms with van der Waals surface area (Å²) < 4.78 is 11.7. The minimum atomic E-state index is -0.156. The molecule has 0 bridgehead atoms. The van der Waals surface area contributed by atoms with Crippen LogP contribution in [0, 0.1) is 0 Å². The number of benzene rings is 2. The fraction of sp³-hybridized carbons (Fsp3) is 0.435. The van der Waals surface area contributed by atoms with Gasteiger partial charge < -0.3 is 19.7 Å². The molecule has 1 aliphatic carbocycles. The number of hydrogen-bond acceptors (Lipinski definition) is 4. The number of piperidine rings is 1. The van der Waals surface area contributed by atoms with Crippen LogP contribution >= 0.6 is 0 Å². The van der Waals surface area contributed by atoms with E-state index >= 15 is 0 Å². The minimum Gasteiger partial charge on any atom is -0.484 e. The van der Waals surface area contributed by atoms with Crippen LogP contribution in [0.2, 0.25) is 0 Å². The predicted molar refractivity (Wildman–Crippen MR) is 108 cm³/mol.